The van der Waals surface area contributed by atoms with E-state index in [2.05, 4.69) is 0 Å². The average molecular weight is 360 g/mol. The first-order valence-corrected chi connectivity index (χ1v) is 8.47. The summed E-state index contributed by atoms with van der Waals surface area (Å²) in [5, 5.41) is 0.746. The summed E-state index contributed by atoms with van der Waals surface area (Å²) in [7, 11) is -4.27. The minimum Gasteiger partial charge on any atom is -0.744 e. The van der Waals surface area contributed by atoms with E-state index in [4.69, 9.17) is 23.2 Å². The van der Waals surface area contributed by atoms with Gasteiger partial charge in [-0.2, -0.15) is 0 Å². The Labute approximate surface area is 140 Å². The van der Waals surface area contributed by atoms with Crippen LogP contribution in [0.25, 0.3) is 0 Å². The van der Waals surface area contributed by atoms with Crippen molar-refractivity contribution in [1.29, 1.82) is 0 Å². The summed E-state index contributed by atoms with van der Waals surface area (Å²) in [4.78, 5) is -0.178. The molecule has 1 heterocycles. The molecule has 1 aromatic carbocycles. The number of aromatic nitrogens is 1. The van der Waals surface area contributed by atoms with Gasteiger partial charge in [0.15, 0.2) is 18.9 Å². The lowest BCUT2D eigenvalue weighted by Gasteiger charge is -2.05. The summed E-state index contributed by atoms with van der Waals surface area (Å²) in [5.74, 6) is 0. The van der Waals surface area contributed by atoms with Crippen LogP contribution in [0.5, 0.6) is 0 Å². The number of benzene rings is 1. The quantitative estimate of drug-likeness (QED) is 0.623. The molecule has 0 saturated heterocycles. The Morgan fingerprint density at radius 1 is 1.14 bits per heavy atom. The highest BCUT2D eigenvalue weighted by Gasteiger charge is 1.97. The van der Waals surface area contributed by atoms with Crippen molar-refractivity contribution in [2.75, 3.05) is 0 Å². The lowest BCUT2D eigenvalue weighted by Crippen LogP contribution is -2.31. The number of nitrogens with zero attached hydrogens (tertiary/aromatic N) is 1. The fourth-order valence-corrected chi connectivity index (χ4v) is 2.09. The molecular formula is C15H15Cl2NO3S. The fourth-order valence-electron chi connectivity index (χ4n) is 1.43. The van der Waals surface area contributed by atoms with E-state index in [1.165, 1.54) is 17.7 Å². The van der Waals surface area contributed by atoms with Crippen LogP contribution in [0.4, 0.5) is 0 Å². The van der Waals surface area contributed by atoms with Crippen molar-refractivity contribution in [1.82, 2.24) is 0 Å². The zero-order valence-corrected chi connectivity index (χ0v) is 14.1. The molecule has 0 saturated carbocycles. The molecule has 0 amide bonds. The van der Waals surface area contributed by atoms with Gasteiger partial charge in [0, 0.05) is 17.7 Å². The van der Waals surface area contributed by atoms with Crippen molar-refractivity contribution in [3.63, 3.8) is 0 Å². The van der Waals surface area contributed by atoms with E-state index >= 15 is 0 Å². The summed E-state index contributed by atoms with van der Waals surface area (Å²) in [6, 6.07) is 9.46. The van der Waals surface area contributed by atoms with Crippen LogP contribution in [0.15, 0.2) is 65.3 Å². The number of pyridine rings is 1. The maximum absolute atomic E-state index is 10.4. The molecule has 118 valence electrons. The minimum atomic E-state index is -4.27. The molecule has 0 aliphatic heterocycles. The fraction of sp³-hybridized carbons (Fsp3) is 0.133. The Hall–Kier alpha value is -1.40. The van der Waals surface area contributed by atoms with Gasteiger partial charge in [0.25, 0.3) is 0 Å². The van der Waals surface area contributed by atoms with E-state index in [0.29, 0.717) is 0 Å². The van der Waals surface area contributed by atoms with Crippen molar-refractivity contribution in [2.45, 2.75) is 18.4 Å². The topological polar surface area (TPSA) is 61.1 Å². The van der Waals surface area contributed by atoms with Crippen LogP contribution in [0.3, 0.4) is 0 Å². The van der Waals surface area contributed by atoms with E-state index < -0.39 is 10.1 Å². The van der Waals surface area contributed by atoms with E-state index in [1.54, 1.807) is 12.1 Å². The van der Waals surface area contributed by atoms with Crippen LogP contribution >= 0.6 is 23.2 Å². The van der Waals surface area contributed by atoms with E-state index in [0.717, 1.165) is 17.1 Å². The van der Waals surface area contributed by atoms with Gasteiger partial charge in [0.2, 0.25) is 0 Å². The zero-order chi connectivity index (χ0) is 16.6. The van der Waals surface area contributed by atoms with Gasteiger partial charge in [-0.05, 0) is 25.1 Å². The smallest absolute Gasteiger partial charge is 0.170 e. The van der Waals surface area contributed by atoms with Crippen molar-refractivity contribution in [3.05, 3.63) is 71.0 Å². The SMILES string of the molecule is Cc1ccc(S(=O)(=O)[O-])cc1.ClC=CC[n+]1ccc(Cl)cc1. The normalized spacial score (nSPS) is 11.1. The van der Waals surface area contributed by atoms with Gasteiger partial charge >= 0.3 is 0 Å². The molecule has 0 N–H and O–H groups in total. The molecular weight excluding hydrogens is 345 g/mol. The Balaban J connectivity index is 0.000000220. The van der Waals surface area contributed by atoms with Crippen molar-refractivity contribution in [2.24, 2.45) is 0 Å². The highest BCUT2D eigenvalue weighted by Crippen LogP contribution is 2.08. The van der Waals surface area contributed by atoms with Crippen LogP contribution in [-0.2, 0) is 16.7 Å². The monoisotopic (exact) mass is 359 g/mol. The third-order valence-electron chi connectivity index (χ3n) is 2.57. The van der Waals surface area contributed by atoms with Gasteiger partial charge in [-0.1, -0.05) is 40.9 Å². The summed E-state index contributed by atoms with van der Waals surface area (Å²) in [6.45, 7) is 2.60. The molecule has 22 heavy (non-hydrogen) atoms. The van der Waals surface area contributed by atoms with Gasteiger partial charge in [-0.15, -0.1) is 0 Å². The van der Waals surface area contributed by atoms with Gasteiger partial charge in [-0.3, -0.25) is 0 Å². The predicted molar refractivity (Wildman–Crippen MR) is 85.8 cm³/mol. The molecule has 0 aliphatic carbocycles. The van der Waals surface area contributed by atoms with Crippen molar-refractivity contribution < 1.29 is 17.5 Å². The number of halogens is 2. The summed E-state index contributed by atoms with van der Waals surface area (Å²) >= 11 is 11.1. The van der Waals surface area contributed by atoms with Crippen LogP contribution in [-0.4, -0.2) is 13.0 Å². The Bertz CT molecular complexity index is 711. The molecule has 4 nitrogen and oxygen atoms in total. The van der Waals surface area contributed by atoms with Crippen molar-refractivity contribution >= 4 is 33.3 Å². The third kappa shape index (κ3) is 7.04. The van der Waals surface area contributed by atoms with E-state index in [1.807, 2.05) is 42.1 Å². The number of allylic oxidation sites excluding steroid dienone is 1. The van der Waals surface area contributed by atoms with Gasteiger partial charge in [-0.25, -0.2) is 13.0 Å². The maximum Gasteiger partial charge on any atom is 0.170 e. The molecule has 7 heteroatoms. The molecule has 0 spiro atoms. The lowest BCUT2D eigenvalue weighted by atomic mass is 10.2. The Morgan fingerprint density at radius 2 is 1.68 bits per heavy atom. The summed E-state index contributed by atoms with van der Waals surface area (Å²) < 4.78 is 33.1. The van der Waals surface area contributed by atoms with Crippen LogP contribution in [0, 0.1) is 6.92 Å². The highest BCUT2D eigenvalue weighted by atomic mass is 35.5. The van der Waals surface area contributed by atoms with E-state index in [-0.39, 0.29) is 4.90 Å². The second-order valence-electron chi connectivity index (χ2n) is 4.34. The average Bonchev–Trinajstić information content (AvgIpc) is 2.47. The molecule has 0 radical (unpaired) electrons. The second kappa shape index (κ2) is 8.90. The Kier molecular flexibility index (Phi) is 7.55. The molecule has 2 aromatic rings. The molecule has 0 aliphatic rings. The van der Waals surface area contributed by atoms with Gasteiger partial charge in [0.05, 0.1) is 9.92 Å². The number of hydrogen-bond acceptors (Lipinski definition) is 3. The molecule has 1 aromatic heterocycles. The first kappa shape index (κ1) is 18.6. The maximum atomic E-state index is 10.4. The second-order valence-corrected chi connectivity index (χ2v) is 6.41. The lowest BCUT2D eigenvalue weighted by molar-refractivity contribution is -0.687. The third-order valence-corrected chi connectivity index (χ3v) is 3.85. The number of hydrogen-bond donors (Lipinski definition) is 0. The summed E-state index contributed by atoms with van der Waals surface area (Å²) in [5.41, 5.74) is 2.43. The molecule has 2 rings (SSSR count). The predicted octanol–water partition coefficient (Wildman–Crippen LogP) is 3.28. The van der Waals surface area contributed by atoms with E-state index in [9.17, 15) is 13.0 Å². The van der Waals surface area contributed by atoms with Gasteiger partial charge < -0.3 is 4.55 Å². The Morgan fingerprint density at radius 3 is 2.14 bits per heavy atom. The first-order chi connectivity index (χ1) is 10.3. The molecule has 0 atom stereocenters. The largest absolute Gasteiger partial charge is 0.744 e. The van der Waals surface area contributed by atoms with Crippen molar-refractivity contribution in [3.8, 4) is 0 Å². The standard InChI is InChI=1S/C8H8Cl2N.C7H8O3S/c9-4-1-5-11-6-2-8(10)3-7-11;1-6-2-4-7(5-3-6)11(8,9)10/h1-4,6-7H,5H2;2-5H,1H3,(H,8,9,10)/q+1;/p-1. The highest BCUT2D eigenvalue weighted by molar-refractivity contribution is 7.85. The van der Waals surface area contributed by atoms with Crippen LogP contribution in [0.2, 0.25) is 5.02 Å². The minimum absolute atomic E-state index is 0.178. The number of rotatable bonds is 3. The molecule has 0 unspecified atom stereocenters. The zero-order valence-electron chi connectivity index (χ0n) is 11.8. The molecule has 0 bridgehead atoms. The van der Waals surface area contributed by atoms with Gasteiger partial charge in [0.1, 0.15) is 10.1 Å². The summed E-state index contributed by atoms with van der Waals surface area (Å²) in [6.07, 6.45) is 5.66. The number of aryl methyl sites for hydroxylation is 1. The first-order valence-electron chi connectivity index (χ1n) is 6.25. The molecule has 0 fully saturated rings. The van der Waals surface area contributed by atoms with Crippen LogP contribution < -0.4 is 4.57 Å². The van der Waals surface area contributed by atoms with Crippen LogP contribution in [0.1, 0.15) is 5.56 Å².